The fraction of sp³-hybridized carbons (Fsp3) is 0.923. The maximum absolute atomic E-state index is 12.0. The monoisotopic (exact) mass is 240 g/mol. The highest BCUT2D eigenvalue weighted by molar-refractivity contribution is 5.78. The van der Waals surface area contributed by atoms with Crippen molar-refractivity contribution in [3.63, 3.8) is 0 Å². The van der Waals surface area contributed by atoms with Crippen molar-refractivity contribution in [2.45, 2.75) is 69.9 Å². The van der Waals surface area contributed by atoms with E-state index in [1.54, 1.807) is 0 Å². The van der Waals surface area contributed by atoms with Gasteiger partial charge in [-0.1, -0.05) is 32.1 Å². The summed E-state index contributed by atoms with van der Waals surface area (Å²) in [5.74, 6) is -0.0646. The molecule has 0 heterocycles. The van der Waals surface area contributed by atoms with Crippen molar-refractivity contribution in [3.8, 4) is 0 Å². The highest BCUT2D eigenvalue weighted by Gasteiger charge is 2.28. The third-order valence-corrected chi connectivity index (χ3v) is 4.03. The molecule has 0 spiro atoms. The molecule has 98 valence electrons. The zero-order valence-electron chi connectivity index (χ0n) is 10.5. The molecule has 0 saturated heterocycles. The average molecular weight is 240 g/mol. The van der Waals surface area contributed by atoms with Crippen molar-refractivity contribution >= 4 is 5.91 Å². The number of hydrogen-bond acceptors (Lipinski definition) is 3. The number of carbonyl (C=O) groups excluding carboxylic acids is 1. The molecule has 17 heavy (non-hydrogen) atoms. The van der Waals surface area contributed by atoms with Crippen LogP contribution in [0.25, 0.3) is 0 Å². The molecule has 0 aromatic heterocycles. The Kier molecular flexibility index (Phi) is 4.80. The van der Waals surface area contributed by atoms with E-state index in [2.05, 4.69) is 5.48 Å². The van der Waals surface area contributed by atoms with E-state index >= 15 is 0 Å². The molecule has 4 nitrogen and oxygen atoms in total. The van der Waals surface area contributed by atoms with E-state index in [0.717, 1.165) is 38.5 Å². The third-order valence-electron chi connectivity index (χ3n) is 4.03. The Morgan fingerprint density at radius 3 is 2.41 bits per heavy atom. The molecule has 3 N–H and O–H groups in total. The molecule has 4 heteroatoms. The Labute approximate surface area is 103 Å². The fourth-order valence-corrected chi connectivity index (χ4v) is 2.89. The van der Waals surface area contributed by atoms with Gasteiger partial charge in [0.1, 0.15) is 0 Å². The summed E-state index contributed by atoms with van der Waals surface area (Å²) in [6.07, 6.45) is 10.1. The molecule has 2 unspecified atom stereocenters. The molecule has 2 aliphatic carbocycles. The van der Waals surface area contributed by atoms with E-state index in [4.69, 9.17) is 10.6 Å². The van der Waals surface area contributed by atoms with Crippen molar-refractivity contribution in [3.05, 3.63) is 0 Å². The molecule has 0 aromatic rings. The number of hydrogen-bond donors (Lipinski definition) is 2. The minimum absolute atomic E-state index is 0.00433. The quantitative estimate of drug-likeness (QED) is 0.585. The molecule has 2 rings (SSSR count). The van der Waals surface area contributed by atoms with Crippen LogP contribution in [0.4, 0.5) is 0 Å². The SMILES string of the molecule is NC1CCCCCC1C(=O)NOC1CCCC1. The summed E-state index contributed by atoms with van der Waals surface area (Å²) in [5.41, 5.74) is 8.68. The van der Waals surface area contributed by atoms with Crippen molar-refractivity contribution in [2.75, 3.05) is 0 Å². The predicted octanol–water partition coefficient (Wildman–Crippen LogP) is 1.88. The molecule has 2 aliphatic rings. The summed E-state index contributed by atoms with van der Waals surface area (Å²) in [6.45, 7) is 0. The standard InChI is InChI=1S/C13H24N2O2/c14-12-9-3-1-2-8-11(12)13(16)15-17-10-6-4-5-7-10/h10-12H,1-9,14H2,(H,15,16). The van der Waals surface area contributed by atoms with Gasteiger partial charge in [-0.05, 0) is 25.7 Å². The van der Waals surface area contributed by atoms with Gasteiger partial charge in [-0.3, -0.25) is 9.63 Å². The summed E-state index contributed by atoms with van der Waals surface area (Å²) >= 11 is 0. The summed E-state index contributed by atoms with van der Waals surface area (Å²) in [5, 5.41) is 0. The Morgan fingerprint density at radius 2 is 1.65 bits per heavy atom. The molecule has 1 amide bonds. The van der Waals surface area contributed by atoms with Crippen molar-refractivity contribution in [1.29, 1.82) is 0 Å². The largest absolute Gasteiger partial charge is 0.327 e. The lowest BCUT2D eigenvalue weighted by Crippen LogP contribution is -2.42. The maximum Gasteiger partial charge on any atom is 0.248 e. The molecule has 0 bridgehead atoms. The van der Waals surface area contributed by atoms with Crippen molar-refractivity contribution in [2.24, 2.45) is 11.7 Å². The van der Waals surface area contributed by atoms with Crippen LogP contribution in [0.1, 0.15) is 57.8 Å². The van der Waals surface area contributed by atoms with Gasteiger partial charge in [-0.2, -0.15) is 0 Å². The molecular weight excluding hydrogens is 216 g/mol. The van der Waals surface area contributed by atoms with Crippen LogP contribution in [0.3, 0.4) is 0 Å². The minimum atomic E-state index is -0.0566. The Bertz CT molecular complexity index is 252. The smallest absolute Gasteiger partial charge is 0.248 e. The first kappa shape index (κ1) is 12.8. The molecule has 2 fully saturated rings. The maximum atomic E-state index is 12.0. The van der Waals surface area contributed by atoms with Gasteiger partial charge in [0.05, 0.1) is 12.0 Å². The summed E-state index contributed by atoms with van der Waals surface area (Å²) in [7, 11) is 0. The first-order chi connectivity index (χ1) is 8.27. The first-order valence-electron chi connectivity index (χ1n) is 6.98. The lowest BCUT2D eigenvalue weighted by Gasteiger charge is -2.21. The normalized spacial score (nSPS) is 31.1. The second-order valence-corrected chi connectivity index (χ2v) is 5.40. The number of carbonyl (C=O) groups is 1. The summed E-state index contributed by atoms with van der Waals surface area (Å²) in [6, 6.07) is 0.00433. The van der Waals surface area contributed by atoms with E-state index in [1.165, 1.54) is 19.3 Å². The zero-order valence-corrected chi connectivity index (χ0v) is 10.5. The van der Waals surface area contributed by atoms with Crippen LogP contribution in [-0.2, 0) is 9.63 Å². The molecule has 0 radical (unpaired) electrons. The van der Waals surface area contributed by atoms with Gasteiger partial charge >= 0.3 is 0 Å². The van der Waals surface area contributed by atoms with Crippen LogP contribution in [0.5, 0.6) is 0 Å². The van der Waals surface area contributed by atoms with Gasteiger partial charge < -0.3 is 5.73 Å². The highest BCUT2D eigenvalue weighted by atomic mass is 16.7. The van der Waals surface area contributed by atoms with Crippen molar-refractivity contribution in [1.82, 2.24) is 5.48 Å². The predicted molar refractivity (Wildman–Crippen MR) is 66.0 cm³/mol. The molecule has 2 atom stereocenters. The number of amides is 1. The van der Waals surface area contributed by atoms with Gasteiger partial charge in [0.25, 0.3) is 0 Å². The van der Waals surface area contributed by atoms with Crippen LogP contribution < -0.4 is 11.2 Å². The number of nitrogens with one attached hydrogen (secondary N) is 1. The minimum Gasteiger partial charge on any atom is -0.327 e. The lowest BCUT2D eigenvalue weighted by molar-refractivity contribution is -0.143. The number of rotatable bonds is 3. The Hall–Kier alpha value is -0.610. The number of hydroxylamine groups is 1. The molecule has 0 aromatic carbocycles. The van der Waals surface area contributed by atoms with Crippen LogP contribution in [0, 0.1) is 5.92 Å². The van der Waals surface area contributed by atoms with E-state index < -0.39 is 0 Å². The van der Waals surface area contributed by atoms with Gasteiger partial charge in [-0.25, -0.2) is 5.48 Å². The van der Waals surface area contributed by atoms with E-state index in [1.807, 2.05) is 0 Å². The average Bonchev–Trinajstić information content (AvgIpc) is 2.75. The number of nitrogens with two attached hydrogens (primary N) is 1. The van der Waals surface area contributed by atoms with Gasteiger partial charge in [0.15, 0.2) is 0 Å². The zero-order chi connectivity index (χ0) is 12.1. The van der Waals surface area contributed by atoms with Gasteiger partial charge in [0.2, 0.25) is 5.91 Å². The second kappa shape index (κ2) is 6.36. The molecule has 0 aliphatic heterocycles. The van der Waals surface area contributed by atoms with E-state index in [9.17, 15) is 4.79 Å². The second-order valence-electron chi connectivity index (χ2n) is 5.40. The van der Waals surface area contributed by atoms with Crippen LogP contribution in [0.2, 0.25) is 0 Å². The van der Waals surface area contributed by atoms with Crippen LogP contribution >= 0.6 is 0 Å². The van der Waals surface area contributed by atoms with Gasteiger partial charge in [0, 0.05) is 6.04 Å². The Balaban J connectivity index is 1.76. The summed E-state index contributed by atoms with van der Waals surface area (Å²) < 4.78 is 0. The third kappa shape index (κ3) is 3.68. The molecular formula is C13H24N2O2. The lowest BCUT2D eigenvalue weighted by atomic mass is 9.95. The Morgan fingerprint density at radius 1 is 1.00 bits per heavy atom. The van der Waals surface area contributed by atoms with Gasteiger partial charge in [-0.15, -0.1) is 0 Å². The van der Waals surface area contributed by atoms with E-state index in [0.29, 0.717) is 0 Å². The van der Waals surface area contributed by atoms with Crippen LogP contribution in [0.15, 0.2) is 0 Å². The van der Waals surface area contributed by atoms with Crippen molar-refractivity contribution < 1.29 is 9.63 Å². The fourth-order valence-electron chi connectivity index (χ4n) is 2.89. The van der Waals surface area contributed by atoms with E-state index in [-0.39, 0.29) is 24.0 Å². The highest BCUT2D eigenvalue weighted by Crippen LogP contribution is 2.23. The van der Waals surface area contributed by atoms with Crippen LogP contribution in [-0.4, -0.2) is 18.1 Å². The summed E-state index contributed by atoms with van der Waals surface area (Å²) in [4.78, 5) is 17.5. The molecule has 2 saturated carbocycles. The first-order valence-corrected chi connectivity index (χ1v) is 6.98. The topological polar surface area (TPSA) is 64.4 Å².